The van der Waals surface area contributed by atoms with Gasteiger partial charge in [0, 0.05) is 36.9 Å². The van der Waals surface area contributed by atoms with E-state index in [0.29, 0.717) is 28.9 Å². The van der Waals surface area contributed by atoms with Gasteiger partial charge in [0.25, 0.3) is 0 Å². The molecule has 1 aliphatic rings. The summed E-state index contributed by atoms with van der Waals surface area (Å²) in [5, 5.41) is 3.91. The van der Waals surface area contributed by atoms with E-state index in [4.69, 9.17) is 23.8 Å². The highest BCUT2D eigenvalue weighted by atomic mass is 35.5. The van der Waals surface area contributed by atoms with Crippen LogP contribution in [0.15, 0.2) is 53.4 Å². The summed E-state index contributed by atoms with van der Waals surface area (Å²) in [7, 11) is -3.59. The summed E-state index contributed by atoms with van der Waals surface area (Å²) in [5.41, 5.74) is 0.618. The standard InChI is InChI=1S/C18H18ClF2N3O3S2/c19-13-1-7-16(8-2-13)29(25,26)24-11-9-23(10-12-24)18(28)22-14-3-5-15(6-4-14)27-17(20)21/h1-8,17H,9-12H2,(H,22,28). The Morgan fingerprint density at radius 1 is 1.03 bits per heavy atom. The minimum absolute atomic E-state index is 0.0532. The zero-order chi connectivity index (χ0) is 21.0. The fourth-order valence-electron chi connectivity index (χ4n) is 2.81. The Hall–Kier alpha value is -2.01. The van der Waals surface area contributed by atoms with Crippen LogP contribution in [0.25, 0.3) is 0 Å². The quantitative estimate of drug-likeness (QED) is 0.686. The van der Waals surface area contributed by atoms with Crippen LogP contribution in [0, 0.1) is 0 Å². The summed E-state index contributed by atoms with van der Waals surface area (Å²) < 4.78 is 55.6. The molecule has 0 radical (unpaired) electrons. The van der Waals surface area contributed by atoms with Crippen molar-refractivity contribution >= 4 is 44.6 Å². The molecule has 1 saturated heterocycles. The van der Waals surface area contributed by atoms with Gasteiger partial charge in [-0.25, -0.2) is 8.42 Å². The van der Waals surface area contributed by atoms with E-state index in [0.717, 1.165) is 0 Å². The maximum atomic E-state index is 12.7. The third-order valence-electron chi connectivity index (χ3n) is 4.31. The molecule has 0 spiro atoms. The maximum absolute atomic E-state index is 12.7. The number of ether oxygens (including phenoxy) is 1. The molecule has 3 rings (SSSR count). The van der Waals surface area contributed by atoms with Crippen LogP contribution in [0.3, 0.4) is 0 Å². The van der Waals surface area contributed by atoms with Crippen LogP contribution in [-0.2, 0) is 10.0 Å². The van der Waals surface area contributed by atoms with Crippen LogP contribution in [0.2, 0.25) is 5.02 Å². The molecule has 1 heterocycles. The fraction of sp³-hybridized carbons (Fsp3) is 0.278. The molecule has 0 bridgehead atoms. The first-order valence-electron chi connectivity index (χ1n) is 8.62. The van der Waals surface area contributed by atoms with Gasteiger partial charge in [0.1, 0.15) is 5.75 Å². The third kappa shape index (κ3) is 5.53. The first-order valence-corrected chi connectivity index (χ1v) is 10.8. The summed E-state index contributed by atoms with van der Waals surface area (Å²) in [5.74, 6) is 0.0532. The Kier molecular flexibility index (Phi) is 6.89. The molecule has 29 heavy (non-hydrogen) atoms. The zero-order valence-corrected chi connectivity index (χ0v) is 17.5. The van der Waals surface area contributed by atoms with E-state index in [-0.39, 0.29) is 23.7 Å². The van der Waals surface area contributed by atoms with Crippen molar-refractivity contribution in [3.63, 3.8) is 0 Å². The van der Waals surface area contributed by atoms with Gasteiger partial charge in [-0.2, -0.15) is 13.1 Å². The molecular weight excluding hydrogens is 444 g/mol. The number of piperazine rings is 1. The summed E-state index contributed by atoms with van der Waals surface area (Å²) in [6, 6.07) is 12.0. The normalized spacial score (nSPS) is 15.4. The van der Waals surface area contributed by atoms with Gasteiger partial charge in [-0.05, 0) is 60.7 Å². The van der Waals surface area contributed by atoms with Crippen molar-refractivity contribution in [3.8, 4) is 5.75 Å². The smallest absolute Gasteiger partial charge is 0.387 e. The highest BCUT2D eigenvalue weighted by Crippen LogP contribution is 2.21. The lowest BCUT2D eigenvalue weighted by Gasteiger charge is -2.35. The predicted molar refractivity (Wildman–Crippen MR) is 111 cm³/mol. The van der Waals surface area contributed by atoms with Crippen LogP contribution in [0.4, 0.5) is 14.5 Å². The van der Waals surface area contributed by atoms with E-state index >= 15 is 0 Å². The molecule has 2 aromatic rings. The Labute approximate surface area is 178 Å². The van der Waals surface area contributed by atoms with Gasteiger partial charge in [0.2, 0.25) is 10.0 Å². The number of hydrogen-bond acceptors (Lipinski definition) is 4. The monoisotopic (exact) mass is 461 g/mol. The second-order valence-electron chi connectivity index (χ2n) is 6.18. The Morgan fingerprint density at radius 2 is 1.62 bits per heavy atom. The number of anilines is 1. The van der Waals surface area contributed by atoms with Crippen molar-refractivity contribution in [1.82, 2.24) is 9.21 Å². The molecule has 0 saturated carbocycles. The Morgan fingerprint density at radius 3 is 2.17 bits per heavy atom. The highest BCUT2D eigenvalue weighted by molar-refractivity contribution is 7.89. The van der Waals surface area contributed by atoms with Gasteiger partial charge in [-0.1, -0.05) is 11.6 Å². The molecule has 0 aliphatic carbocycles. The van der Waals surface area contributed by atoms with Gasteiger partial charge in [0.15, 0.2) is 5.11 Å². The van der Waals surface area contributed by atoms with E-state index in [1.165, 1.54) is 28.6 Å². The van der Waals surface area contributed by atoms with Crippen LogP contribution >= 0.6 is 23.8 Å². The molecule has 1 aliphatic heterocycles. The summed E-state index contributed by atoms with van der Waals surface area (Å²) in [6.45, 7) is -1.46. The van der Waals surface area contributed by atoms with Crippen molar-refractivity contribution in [1.29, 1.82) is 0 Å². The molecular formula is C18H18ClF2N3O3S2. The molecule has 2 aromatic carbocycles. The van der Waals surface area contributed by atoms with Crippen molar-refractivity contribution in [2.45, 2.75) is 11.5 Å². The number of rotatable bonds is 5. The van der Waals surface area contributed by atoms with Gasteiger partial charge in [-0.15, -0.1) is 0 Å². The van der Waals surface area contributed by atoms with Crippen LogP contribution in [0.1, 0.15) is 0 Å². The molecule has 0 aromatic heterocycles. The minimum Gasteiger partial charge on any atom is -0.435 e. The van der Waals surface area contributed by atoms with E-state index in [2.05, 4.69) is 10.1 Å². The number of thiocarbonyl (C=S) groups is 1. The maximum Gasteiger partial charge on any atom is 0.387 e. The van der Waals surface area contributed by atoms with E-state index in [1.54, 1.807) is 24.3 Å². The fourth-order valence-corrected chi connectivity index (χ4v) is 4.66. The van der Waals surface area contributed by atoms with Crippen molar-refractivity contribution in [3.05, 3.63) is 53.6 Å². The number of nitrogens with one attached hydrogen (secondary N) is 1. The third-order valence-corrected chi connectivity index (χ3v) is 6.83. The molecule has 0 amide bonds. The van der Waals surface area contributed by atoms with Crippen LogP contribution < -0.4 is 10.1 Å². The summed E-state index contributed by atoms with van der Waals surface area (Å²) in [4.78, 5) is 2.05. The average molecular weight is 462 g/mol. The topological polar surface area (TPSA) is 61.9 Å². The zero-order valence-electron chi connectivity index (χ0n) is 15.1. The van der Waals surface area contributed by atoms with Crippen molar-refractivity contribution < 1.29 is 21.9 Å². The molecule has 156 valence electrons. The van der Waals surface area contributed by atoms with Crippen LogP contribution in [-0.4, -0.2) is 55.5 Å². The number of alkyl halides is 2. The van der Waals surface area contributed by atoms with E-state index < -0.39 is 16.6 Å². The number of sulfonamides is 1. The predicted octanol–water partition coefficient (Wildman–Crippen LogP) is 3.64. The number of hydrogen-bond donors (Lipinski definition) is 1. The Bertz CT molecular complexity index is 949. The average Bonchev–Trinajstić information content (AvgIpc) is 2.69. The van der Waals surface area contributed by atoms with E-state index in [1.807, 2.05) is 4.90 Å². The van der Waals surface area contributed by atoms with Gasteiger partial charge >= 0.3 is 6.61 Å². The molecule has 0 atom stereocenters. The highest BCUT2D eigenvalue weighted by Gasteiger charge is 2.29. The lowest BCUT2D eigenvalue weighted by molar-refractivity contribution is -0.0498. The second-order valence-corrected chi connectivity index (χ2v) is 8.94. The SMILES string of the molecule is O=S(=O)(c1ccc(Cl)cc1)N1CCN(C(=S)Nc2ccc(OC(F)F)cc2)CC1. The first kappa shape index (κ1) is 21.7. The molecule has 0 unspecified atom stereocenters. The lowest BCUT2D eigenvalue weighted by atomic mass is 10.3. The van der Waals surface area contributed by atoms with Gasteiger partial charge < -0.3 is 15.0 Å². The number of halogens is 3. The van der Waals surface area contributed by atoms with Crippen molar-refractivity contribution in [2.75, 3.05) is 31.5 Å². The molecule has 1 N–H and O–H groups in total. The van der Waals surface area contributed by atoms with Gasteiger partial charge in [-0.3, -0.25) is 0 Å². The van der Waals surface area contributed by atoms with Crippen molar-refractivity contribution in [2.24, 2.45) is 0 Å². The Balaban J connectivity index is 1.56. The summed E-state index contributed by atoms with van der Waals surface area (Å²) in [6.07, 6.45) is 0. The summed E-state index contributed by atoms with van der Waals surface area (Å²) >= 11 is 11.2. The van der Waals surface area contributed by atoms with Crippen LogP contribution in [0.5, 0.6) is 5.75 Å². The lowest BCUT2D eigenvalue weighted by Crippen LogP contribution is -2.51. The number of benzene rings is 2. The largest absolute Gasteiger partial charge is 0.435 e. The number of nitrogens with zero attached hydrogens (tertiary/aromatic N) is 2. The minimum atomic E-state index is -3.59. The molecule has 11 heteroatoms. The second kappa shape index (κ2) is 9.21. The molecule has 1 fully saturated rings. The molecule has 6 nitrogen and oxygen atoms in total. The van der Waals surface area contributed by atoms with E-state index in [9.17, 15) is 17.2 Å². The van der Waals surface area contributed by atoms with Gasteiger partial charge in [0.05, 0.1) is 4.90 Å². The first-order chi connectivity index (χ1) is 13.8.